The molecule has 0 bridgehead atoms. The van der Waals surface area contributed by atoms with Crippen LogP contribution >= 0.6 is 23.3 Å². The van der Waals surface area contributed by atoms with E-state index in [0.717, 1.165) is 29.5 Å². The van der Waals surface area contributed by atoms with Gasteiger partial charge in [0.2, 0.25) is 23.8 Å². The highest BCUT2D eigenvalue weighted by molar-refractivity contribution is 8.00. The molecule has 250 valence electrons. The summed E-state index contributed by atoms with van der Waals surface area (Å²) in [4.78, 5) is 63.0. The number of amides is 2. The zero-order valence-electron chi connectivity index (χ0n) is 24.9. The Bertz CT molecular complexity index is 1450. The second-order valence-corrected chi connectivity index (χ2v) is 11.7. The van der Waals surface area contributed by atoms with E-state index in [1.54, 1.807) is 13.8 Å². The van der Waals surface area contributed by atoms with Gasteiger partial charge in [-0.05, 0) is 13.8 Å². The van der Waals surface area contributed by atoms with E-state index in [9.17, 15) is 23.6 Å². The lowest BCUT2D eigenvalue weighted by molar-refractivity contribution is -0.169. The maximum atomic E-state index is 13.4. The van der Waals surface area contributed by atoms with Gasteiger partial charge in [0.1, 0.15) is 17.1 Å². The van der Waals surface area contributed by atoms with Gasteiger partial charge in [0.05, 0.1) is 12.3 Å². The summed E-state index contributed by atoms with van der Waals surface area (Å²) in [5.74, 6) is -2.61. The van der Waals surface area contributed by atoms with E-state index in [1.165, 1.54) is 24.9 Å². The van der Waals surface area contributed by atoms with Crippen LogP contribution in [0.1, 0.15) is 26.6 Å². The number of rotatable bonds is 11. The Labute approximate surface area is 269 Å². The van der Waals surface area contributed by atoms with Crippen molar-refractivity contribution in [3.63, 3.8) is 0 Å². The number of nitrogens with one attached hydrogen (secondary N) is 2. The molecule has 2 unspecified atom stereocenters. The van der Waals surface area contributed by atoms with Crippen molar-refractivity contribution in [3.8, 4) is 0 Å². The summed E-state index contributed by atoms with van der Waals surface area (Å²) in [6.45, 7) is 5.90. The number of β-lactam (4-membered cyclic amide) rings is 1. The first kappa shape index (κ1) is 34.3. The fourth-order valence-electron chi connectivity index (χ4n) is 4.25. The standard InChI is InChI=1S/C24H32FN11O8S2/c1-11(2)42-24(40)44-12(3)43-21(39)16-13(8-29-32-22(26)35-6-4-28-5-7-35)9-45-20-15(19(38)36(16)20)30-18(37)14(33-41-10-25)17-31-23(27)46-34-17/h8,11-12,15,20,28H,4-7,9-10H2,1-3H3,(H2,26,32)(H,30,37)(H2,27,31,34)/t12?,15?,20-/m1/s1. The van der Waals surface area contributed by atoms with Crippen LogP contribution in [0.3, 0.4) is 0 Å². The lowest BCUT2D eigenvalue weighted by Gasteiger charge is -2.49. The number of oxime groups is 1. The Kier molecular flexibility index (Phi) is 11.7. The van der Waals surface area contributed by atoms with Crippen LogP contribution in [0.2, 0.25) is 0 Å². The molecule has 3 atom stereocenters. The summed E-state index contributed by atoms with van der Waals surface area (Å²) in [5.41, 5.74) is 11.2. The summed E-state index contributed by atoms with van der Waals surface area (Å²) in [5, 5.41) is 16.4. The van der Waals surface area contributed by atoms with Crippen molar-refractivity contribution in [2.24, 2.45) is 21.1 Å². The van der Waals surface area contributed by atoms with Gasteiger partial charge in [0.25, 0.3) is 18.7 Å². The van der Waals surface area contributed by atoms with Crippen LogP contribution < -0.4 is 22.1 Å². The van der Waals surface area contributed by atoms with Crippen LogP contribution in [-0.2, 0) is 33.4 Å². The van der Waals surface area contributed by atoms with Gasteiger partial charge in [-0.3, -0.25) is 14.5 Å². The van der Waals surface area contributed by atoms with E-state index in [2.05, 4.69) is 40.2 Å². The summed E-state index contributed by atoms with van der Waals surface area (Å²) in [6.07, 6.45) is -1.66. The number of alkyl halides is 1. The fourth-order valence-corrected chi connectivity index (χ4v) is 5.98. The number of hydrogen-bond acceptors (Lipinski definition) is 17. The molecule has 3 aliphatic heterocycles. The minimum Gasteiger partial charge on any atom is -0.431 e. The lowest BCUT2D eigenvalue weighted by atomic mass is 10.0. The van der Waals surface area contributed by atoms with Crippen LogP contribution in [-0.4, -0.2) is 124 Å². The first-order valence-corrected chi connectivity index (χ1v) is 15.6. The van der Waals surface area contributed by atoms with E-state index >= 15 is 0 Å². The predicted octanol–water partition coefficient (Wildman–Crippen LogP) is -0.921. The highest BCUT2D eigenvalue weighted by Gasteiger charge is 2.55. The summed E-state index contributed by atoms with van der Waals surface area (Å²) in [7, 11) is 0. The van der Waals surface area contributed by atoms with E-state index in [0.29, 0.717) is 13.1 Å². The number of nitrogens with zero attached hydrogens (tertiary/aromatic N) is 7. The van der Waals surface area contributed by atoms with Gasteiger partial charge >= 0.3 is 12.1 Å². The Morgan fingerprint density at radius 3 is 2.61 bits per heavy atom. The summed E-state index contributed by atoms with van der Waals surface area (Å²) >= 11 is 1.97. The molecule has 3 aliphatic rings. The maximum Gasteiger partial charge on any atom is 0.511 e. The van der Waals surface area contributed by atoms with Crippen molar-refractivity contribution in [2.75, 3.05) is 44.5 Å². The van der Waals surface area contributed by atoms with Crippen molar-refractivity contribution in [3.05, 3.63) is 17.1 Å². The van der Waals surface area contributed by atoms with Crippen molar-refractivity contribution >= 4 is 70.3 Å². The van der Waals surface area contributed by atoms with Gasteiger partial charge < -0.3 is 46.0 Å². The summed E-state index contributed by atoms with van der Waals surface area (Å²) in [6, 6.07) is -1.15. The normalized spacial score (nSPS) is 21.1. The molecule has 2 amide bonds. The van der Waals surface area contributed by atoms with E-state index < -0.39 is 60.3 Å². The zero-order valence-corrected chi connectivity index (χ0v) is 26.5. The predicted molar refractivity (Wildman–Crippen MR) is 163 cm³/mol. The highest BCUT2D eigenvalue weighted by Crippen LogP contribution is 2.40. The van der Waals surface area contributed by atoms with Crippen molar-refractivity contribution in [1.82, 2.24) is 29.8 Å². The van der Waals surface area contributed by atoms with Crippen LogP contribution in [0, 0.1) is 0 Å². The molecule has 0 spiro atoms. The molecule has 1 aromatic rings. The van der Waals surface area contributed by atoms with Crippen molar-refractivity contribution in [2.45, 2.75) is 44.6 Å². The number of thioether (sulfide) groups is 1. The van der Waals surface area contributed by atoms with Crippen molar-refractivity contribution in [1.29, 1.82) is 0 Å². The molecule has 19 nitrogen and oxygen atoms in total. The zero-order chi connectivity index (χ0) is 33.4. The number of hydrogen-bond donors (Lipinski definition) is 4. The van der Waals surface area contributed by atoms with Crippen LogP contribution in [0.4, 0.5) is 14.3 Å². The highest BCUT2D eigenvalue weighted by atomic mass is 32.2. The number of fused-ring (bicyclic) bond motifs is 1. The number of aromatic nitrogens is 2. The van der Waals surface area contributed by atoms with Gasteiger partial charge in [-0.1, -0.05) is 5.16 Å². The molecular formula is C24H32FN11O8S2. The number of nitrogens with two attached hydrogens (primary N) is 2. The Morgan fingerprint density at radius 1 is 1.22 bits per heavy atom. The topological polar surface area (TPSA) is 251 Å². The third-order valence-electron chi connectivity index (χ3n) is 6.23. The van der Waals surface area contributed by atoms with Gasteiger partial charge in [0, 0.05) is 56.0 Å². The fraction of sp³-hybridized carbons (Fsp3) is 0.542. The number of ether oxygens (including phenoxy) is 3. The van der Waals surface area contributed by atoms with E-state index in [1.807, 2.05) is 4.90 Å². The monoisotopic (exact) mass is 685 g/mol. The average Bonchev–Trinajstić information content (AvgIpc) is 3.44. The maximum absolute atomic E-state index is 13.4. The molecule has 2 fully saturated rings. The molecule has 4 heterocycles. The van der Waals surface area contributed by atoms with E-state index in [4.69, 9.17) is 25.7 Å². The Morgan fingerprint density at radius 2 is 1.96 bits per heavy atom. The van der Waals surface area contributed by atoms with Crippen LogP contribution in [0.5, 0.6) is 0 Å². The number of carbonyl (C=O) groups is 4. The molecule has 2 saturated heterocycles. The molecule has 0 radical (unpaired) electrons. The number of anilines is 1. The number of carbonyl (C=O) groups excluding carboxylic acids is 4. The van der Waals surface area contributed by atoms with Crippen LogP contribution in [0.25, 0.3) is 0 Å². The molecule has 0 aliphatic carbocycles. The largest absolute Gasteiger partial charge is 0.511 e. The SMILES string of the molecule is CC(C)OC(=O)OC(C)OC(=O)C1=C(C=NN=C(N)N2CCNCC2)CS[C@@H]2C(NC(=O)C(=NOCF)c3nsc(N)n3)C(=O)N12. The van der Waals surface area contributed by atoms with Gasteiger partial charge in [-0.2, -0.15) is 14.5 Å². The first-order valence-electron chi connectivity index (χ1n) is 13.7. The average molecular weight is 686 g/mol. The molecule has 4 rings (SSSR count). The number of nitrogen functional groups attached to an aromatic ring is 1. The third kappa shape index (κ3) is 8.37. The van der Waals surface area contributed by atoms with Crippen molar-refractivity contribution < 1.29 is 42.6 Å². The van der Waals surface area contributed by atoms with E-state index in [-0.39, 0.29) is 33.9 Å². The third-order valence-corrected chi connectivity index (χ3v) is 8.08. The number of piperazine rings is 1. The number of guanidine groups is 1. The molecular weight excluding hydrogens is 653 g/mol. The smallest absolute Gasteiger partial charge is 0.431 e. The molecule has 6 N–H and O–H groups in total. The molecule has 46 heavy (non-hydrogen) atoms. The quantitative estimate of drug-likeness (QED) is 0.0549. The minimum absolute atomic E-state index is 0.0154. The van der Waals surface area contributed by atoms with Gasteiger partial charge in [-0.15, -0.1) is 16.9 Å². The first-order chi connectivity index (χ1) is 22.0. The lowest BCUT2D eigenvalue weighted by Crippen LogP contribution is -2.71. The molecule has 1 aromatic heterocycles. The Balaban J connectivity index is 1.55. The molecule has 0 saturated carbocycles. The summed E-state index contributed by atoms with van der Waals surface area (Å²) < 4.78 is 31.7. The minimum atomic E-state index is -1.39. The Hall–Kier alpha value is -4.57. The molecule has 22 heteroatoms. The second kappa shape index (κ2) is 15.6. The van der Waals surface area contributed by atoms with Gasteiger partial charge in [-0.25, -0.2) is 14.0 Å². The van der Waals surface area contributed by atoms with Gasteiger partial charge in [0.15, 0.2) is 5.13 Å². The molecule has 0 aromatic carbocycles. The second-order valence-electron chi connectivity index (χ2n) is 9.82. The van der Waals surface area contributed by atoms with Crippen LogP contribution in [0.15, 0.2) is 26.6 Å². The number of halogens is 1. The number of esters is 1.